The predicted octanol–water partition coefficient (Wildman–Crippen LogP) is 4.39. The number of rotatable bonds is 10. The number of anilines is 2. The zero-order chi connectivity index (χ0) is 22.4. The van der Waals surface area contributed by atoms with E-state index in [4.69, 9.17) is 9.47 Å². The summed E-state index contributed by atoms with van der Waals surface area (Å²) in [5, 5.41) is 4.04. The molecule has 31 heavy (non-hydrogen) atoms. The first-order valence-corrected chi connectivity index (χ1v) is 12.1. The Balaban J connectivity index is 2.10. The van der Waals surface area contributed by atoms with Crippen LogP contribution in [0.15, 0.2) is 48.7 Å². The highest BCUT2D eigenvalue weighted by molar-refractivity contribution is 7.90. The van der Waals surface area contributed by atoms with Crippen molar-refractivity contribution >= 4 is 37.9 Å². The maximum absolute atomic E-state index is 12.8. The molecule has 0 atom stereocenters. The number of carbonyl (C=O) groups excluding carboxylic acids is 1. The van der Waals surface area contributed by atoms with Gasteiger partial charge in [0, 0.05) is 24.3 Å². The summed E-state index contributed by atoms with van der Waals surface area (Å²) in [6.07, 6.45) is 3.83. The summed E-state index contributed by atoms with van der Waals surface area (Å²) in [6.45, 7) is 1.97. The van der Waals surface area contributed by atoms with E-state index in [2.05, 4.69) is 10.3 Å². The van der Waals surface area contributed by atoms with Crippen LogP contribution < -0.4 is 14.8 Å². The summed E-state index contributed by atoms with van der Waals surface area (Å²) in [5.41, 5.74) is 2.35. The van der Waals surface area contributed by atoms with Crippen molar-refractivity contribution in [2.75, 3.05) is 31.0 Å². The molecule has 0 aliphatic rings. The molecule has 0 radical (unpaired) electrons. The Kier molecular flexibility index (Phi) is 7.12. The van der Waals surface area contributed by atoms with Crippen LogP contribution in [0.3, 0.4) is 0 Å². The van der Waals surface area contributed by atoms with Crippen molar-refractivity contribution in [2.24, 2.45) is 0 Å². The van der Waals surface area contributed by atoms with Crippen LogP contribution in [0, 0.1) is 0 Å². The molecule has 0 amide bonds. The number of aromatic nitrogens is 1. The van der Waals surface area contributed by atoms with Crippen LogP contribution >= 0.6 is 0 Å². The Labute approximate surface area is 182 Å². The van der Waals surface area contributed by atoms with Crippen molar-refractivity contribution in [3.05, 3.63) is 54.2 Å². The monoisotopic (exact) mass is 442 g/mol. The normalized spacial score (nSPS) is 11.3. The number of fused-ring (bicyclic) bond motifs is 1. The molecule has 1 aromatic heterocycles. The number of hydrogen-bond donors (Lipinski definition) is 1. The third kappa shape index (κ3) is 5.52. The quantitative estimate of drug-likeness (QED) is 0.465. The zero-order valence-electron chi connectivity index (χ0n) is 17.8. The van der Waals surface area contributed by atoms with Crippen molar-refractivity contribution in [3.8, 4) is 11.5 Å². The highest BCUT2D eigenvalue weighted by atomic mass is 32.2. The number of nitrogens with zero attached hydrogens (tertiary/aromatic N) is 1. The van der Waals surface area contributed by atoms with Gasteiger partial charge in [-0.1, -0.05) is 31.2 Å². The van der Waals surface area contributed by atoms with Gasteiger partial charge in [0.25, 0.3) is 0 Å². The summed E-state index contributed by atoms with van der Waals surface area (Å²) in [5.74, 6) is 0.987. The Morgan fingerprint density at radius 3 is 2.55 bits per heavy atom. The molecule has 1 N–H and O–H groups in total. The van der Waals surface area contributed by atoms with Gasteiger partial charge in [-0.05, 0) is 24.6 Å². The van der Waals surface area contributed by atoms with Crippen molar-refractivity contribution in [1.29, 1.82) is 0 Å². The largest absolute Gasteiger partial charge is 0.495 e. The lowest BCUT2D eigenvalue weighted by Gasteiger charge is -2.17. The lowest BCUT2D eigenvalue weighted by atomic mass is 10.0. The van der Waals surface area contributed by atoms with E-state index in [0.29, 0.717) is 45.8 Å². The fourth-order valence-electron chi connectivity index (χ4n) is 3.21. The van der Waals surface area contributed by atoms with Gasteiger partial charge in [0.1, 0.15) is 23.6 Å². The first kappa shape index (κ1) is 22.6. The van der Waals surface area contributed by atoms with E-state index in [-0.39, 0.29) is 18.1 Å². The van der Waals surface area contributed by atoms with Crippen LogP contribution in [-0.4, -0.2) is 44.9 Å². The van der Waals surface area contributed by atoms with Gasteiger partial charge in [-0.3, -0.25) is 9.78 Å². The molecule has 2 aromatic carbocycles. The van der Waals surface area contributed by atoms with Crippen LogP contribution in [0.5, 0.6) is 11.5 Å². The second kappa shape index (κ2) is 9.78. The molecule has 0 fully saturated rings. The van der Waals surface area contributed by atoms with E-state index in [0.717, 1.165) is 6.42 Å². The Morgan fingerprint density at radius 1 is 1.10 bits per heavy atom. The number of carbonyl (C=O) groups is 1. The number of ketones is 1. The first-order chi connectivity index (χ1) is 14.8. The number of hydrogen-bond acceptors (Lipinski definition) is 7. The Bertz CT molecular complexity index is 1190. The van der Waals surface area contributed by atoms with Crippen molar-refractivity contribution < 1.29 is 22.7 Å². The molecule has 7 nitrogen and oxygen atoms in total. The van der Waals surface area contributed by atoms with Gasteiger partial charge in [-0.25, -0.2) is 8.42 Å². The summed E-state index contributed by atoms with van der Waals surface area (Å²) in [4.78, 5) is 17.3. The SMILES string of the molecule is CCCC(=O)c1cnc2c(OCCS(C)(=O)=O)cccc2c1Nc1ccccc1OC. The second-order valence-electron chi connectivity index (χ2n) is 7.18. The minimum atomic E-state index is -3.14. The van der Waals surface area contributed by atoms with Gasteiger partial charge in [0.2, 0.25) is 0 Å². The fraction of sp³-hybridized carbons (Fsp3) is 0.304. The average Bonchev–Trinajstić information content (AvgIpc) is 2.73. The molecule has 0 spiro atoms. The van der Waals surface area contributed by atoms with E-state index in [9.17, 15) is 13.2 Å². The van der Waals surface area contributed by atoms with Crippen LogP contribution in [0.1, 0.15) is 30.1 Å². The van der Waals surface area contributed by atoms with Crippen molar-refractivity contribution in [2.45, 2.75) is 19.8 Å². The van der Waals surface area contributed by atoms with Gasteiger partial charge in [-0.15, -0.1) is 0 Å². The van der Waals surface area contributed by atoms with Crippen LogP contribution in [0.25, 0.3) is 10.9 Å². The third-order valence-corrected chi connectivity index (χ3v) is 5.62. The number of nitrogens with one attached hydrogen (secondary N) is 1. The highest BCUT2D eigenvalue weighted by Gasteiger charge is 2.18. The number of benzene rings is 2. The van der Waals surface area contributed by atoms with Crippen LogP contribution in [-0.2, 0) is 9.84 Å². The van der Waals surface area contributed by atoms with Gasteiger partial charge >= 0.3 is 0 Å². The lowest BCUT2D eigenvalue weighted by Crippen LogP contribution is -2.12. The summed E-state index contributed by atoms with van der Waals surface area (Å²) >= 11 is 0. The number of ether oxygens (including phenoxy) is 2. The number of methoxy groups -OCH3 is 1. The second-order valence-corrected chi connectivity index (χ2v) is 9.44. The van der Waals surface area contributed by atoms with Gasteiger partial charge in [0.05, 0.1) is 29.8 Å². The Morgan fingerprint density at radius 2 is 1.84 bits per heavy atom. The van der Waals surface area contributed by atoms with Crippen molar-refractivity contribution in [3.63, 3.8) is 0 Å². The molecule has 3 rings (SSSR count). The summed E-state index contributed by atoms with van der Waals surface area (Å²) in [7, 11) is -1.56. The molecule has 0 saturated heterocycles. The minimum Gasteiger partial charge on any atom is -0.495 e. The molecule has 0 aliphatic heterocycles. The maximum atomic E-state index is 12.8. The average molecular weight is 443 g/mol. The lowest BCUT2D eigenvalue weighted by molar-refractivity contribution is 0.0982. The molecule has 8 heteroatoms. The highest BCUT2D eigenvalue weighted by Crippen LogP contribution is 2.36. The molecular weight excluding hydrogens is 416 g/mol. The fourth-order valence-corrected chi connectivity index (χ4v) is 3.59. The zero-order valence-corrected chi connectivity index (χ0v) is 18.7. The minimum absolute atomic E-state index is 0.0160. The number of para-hydroxylation sites is 3. The molecular formula is C23H26N2O5S. The number of sulfone groups is 1. The maximum Gasteiger partial charge on any atom is 0.166 e. The topological polar surface area (TPSA) is 94.6 Å². The van der Waals surface area contributed by atoms with Gasteiger partial charge < -0.3 is 14.8 Å². The molecule has 1 heterocycles. The van der Waals surface area contributed by atoms with Crippen LogP contribution in [0.4, 0.5) is 11.4 Å². The predicted molar refractivity (Wildman–Crippen MR) is 122 cm³/mol. The standard InChI is InChI=1S/C23H26N2O5S/c1-4-8-19(26)17-15-24-23-16(9-7-12-21(23)30-13-14-31(3,27)28)22(17)25-18-10-5-6-11-20(18)29-2/h5-7,9-12,15H,4,8,13-14H2,1-3H3,(H,24,25). The van der Waals surface area contributed by atoms with E-state index in [1.165, 1.54) is 6.26 Å². The van der Waals surface area contributed by atoms with E-state index in [1.54, 1.807) is 25.4 Å². The molecule has 3 aromatic rings. The van der Waals surface area contributed by atoms with E-state index >= 15 is 0 Å². The molecule has 0 aliphatic carbocycles. The molecule has 0 saturated carbocycles. The smallest absolute Gasteiger partial charge is 0.166 e. The molecule has 164 valence electrons. The van der Waals surface area contributed by atoms with Gasteiger partial charge in [0.15, 0.2) is 15.6 Å². The number of Topliss-reactive ketones (excluding diaryl/α,β-unsaturated/α-hetero) is 1. The number of pyridine rings is 1. The molecule has 0 unspecified atom stereocenters. The van der Waals surface area contributed by atoms with Crippen molar-refractivity contribution in [1.82, 2.24) is 4.98 Å². The summed E-state index contributed by atoms with van der Waals surface area (Å²) in [6, 6.07) is 12.8. The molecule has 0 bridgehead atoms. The van der Waals surface area contributed by atoms with Gasteiger partial charge in [-0.2, -0.15) is 0 Å². The van der Waals surface area contributed by atoms with E-state index in [1.807, 2.05) is 37.3 Å². The third-order valence-electron chi connectivity index (χ3n) is 4.72. The van der Waals surface area contributed by atoms with Crippen LogP contribution in [0.2, 0.25) is 0 Å². The Hall–Kier alpha value is -3.13. The van der Waals surface area contributed by atoms with E-state index < -0.39 is 9.84 Å². The first-order valence-electron chi connectivity index (χ1n) is 9.99. The summed E-state index contributed by atoms with van der Waals surface area (Å²) < 4.78 is 34.0.